The standard InChI is InChI=1S/C8H16N3O3PS2/c1-3-13-15(12,14-4-2)5-6-16-8-11-10-7(9)17-8/h3-6H2,1-2H3,(H2,9,10). The summed E-state index contributed by atoms with van der Waals surface area (Å²) in [6, 6.07) is 0. The van der Waals surface area contributed by atoms with Gasteiger partial charge in [-0.1, -0.05) is 23.1 Å². The predicted octanol–water partition coefficient (Wildman–Crippen LogP) is 2.48. The largest absolute Gasteiger partial charge is 0.374 e. The molecule has 0 radical (unpaired) electrons. The molecule has 0 fully saturated rings. The summed E-state index contributed by atoms with van der Waals surface area (Å²) in [6.45, 7) is 4.36. The molecule has 9 heteroatoms. The number of hydrogen-bond acceptors (Lipinski definition) is 8. The molecule has 1 aromatic heterocycles. The summed E-state index contributed by atoms with van der Waals surface area (Å²) < 4.78 is 23.2. The molecule has 0 unspecified atom stereocenters. The lowest BCUT2D eigenvalue weighted by Gasteiger charge is -2.15. The molecular formula is C8H16N3O3PS2. The van der Waals surface area contributed by atoms with Gasteiger partial charge in [0.2, 0.25) is 5.13 Å². The number of anilines is 1. The van der Waals surface area contributed by atoms with E-state index < -0.39 is 7.60 Å². The Labute approximate surface area is 109 Å². The van der Waals surface area contributed by atoms with Crippen molar-refractivity contribution < 1.29 is 13.6 Å². The fraction of sp³-hybridized carbons (Fsp3) is 0.750. The van der Waals surface area contributed by atoms with E-state index in [4.69, 9.17) is 14.8 Å². The van der Waals surface area contributed by atoms with E-state index in [0.29, 0.717) is 30.3 Å². The molecule has 0 aromatic carbocycles. The number of rotatable bonds is 8. The molecule has 0 atom stereocenters. The number of hydrogen-bond donors (Lipinski definition) is 1. The molecule has 6 nitrogen and oxygen atoms in total. The quantitative estimate of drug-likeness (QED) is 0.582. The van der Waals surface area contributed by atoms with Crippen LogP contribution in [0.2, 0.25) is 0 Å². The first kappa shape index (κ1) is 14.9. The van der Waals surface area contributed by atoms with Crippen molar-refractivity contribution in [3.05, 3.63) is 0 Å². The molecule has 1 rings (SSSR count). The Morgan fingerprint density at radius 1 is 1.35 bits per heavy atom. The molecule has 0 aliphatic rings. The van der Waals surface area contributed by atoms with Gasteiger partial charge in [-0.15, -0.1) is 10.2 Å². The van der Waals surface area contributed by atoms with Crippen LogP contribution in [0.1, 0.15) is 13.8 Å². The van der Waals surface area contributed by atoms with Gasteiger partial charge in [0.05, 0.1) is 19.4 Å². The van der Waals surface area contributed by atoms with Crippen LogP contribution in [0, 0.1) is 0 Å². The minimum absolute atomic E-state index is 0.360. The van der Waals surface area contributed by atoms with Crippen molar-refractivity contribution in [3.63, 3.8) is 0 Å². The van der Waals surface area contributed by atoms with E-state index in [9.17, 15) is 4.57 Å². The average Bonchev–Trinajstić information content (AvgIpc) is 2.65. The Hall–Kier alpha value is -0.140. The van der Waals surface area contributed by atoms with Crippen LogP contribution in [0.5, 0.6) is 0 Å². The van der Waals surface area contributed by atoms with Gasteiger partial charge >= 0.3 is 7.60 Å². The van der Waals surface area contributed by atoms with Gasteiger partial charge in [0.25, 0.3) is 0 Å². The number of nitrogens with zero attached hydrogens (tertiary/aromatic N) is 2. The van der Waals surface area contributed by atoms with Gasteiger partial charge in [-0.05, 0) is 13.8 Å². The van der Waals surface area contributed by atoms with E-state index in [1.54, 1.807) is 13.8 Å². The van der Waals surface area contributed by atoms with Crippen LogP contribution >= 0.6 is 30.7 Å². The number of nitrogens with two attached hydrogens (primary N) is 1. The van der Waals surface area contributed by atoms with Crippen molar-refractivity contribution in [2.75, 3.05) is 30.9 Å². The van der Waals surface area contributed by atoms with Gasteiger partial charge in [0.15, 0.2) is 4.34 Å². The van der Waals surface area contributed by atoms with E-state index in [0.717, 1.165) is 4.34 Å². The van der Waals surface area contributed by atoms with Gasteiger partial charge < -0.3 is 14.8 Å². The Morgan fingerprint density at radius 2 is 2.00 bits per heavy atom. The average molecular weight is 297 g/mol. The normalized spacial score (nSPS) is 11.9. The van der Waals surface area contributed by atoms with Crippen LogP contribution < -0.4 is 5.73 Å². The summed E-state index contributed by atoms with van der Waals surface area (Å²) in [7, 11) is -2.95. The Kier molecular flexibility index (Phi) is 6.43. The smallest absolute Gasteiger partial charge is 0.331 e. The van der Waals surface area contributed by atoms with Crippen molar-refractivity contribution in [2.24, 2.45) is 0 Å². The predicted molar refractivity (Wildman–Crippen MR) is 70.8 cm³/mol. The maximum atomic E-state index is 12.1. The van der Waals surface area contributed by atoms with Gasteiger partial charge in [0, 0.05) is 5.75 Å². The van der Waals surface area contributed by atoms with Gasteiger partial charge in [0.1, 0.15) is 0 Å². The monoisotopic (exact) mass is 297 g/mol. The highest BCUT2D eigenvalue weighted by molar-refractivity contribution is 8.01. The molecule has 0 saturated heterocycles. The second kappa shape index (κ2) is 7.33. The second-order valence-electron chi connectivity index (χ2n) is 2.92. The fourth-order valence-electron chi connectivity index (χ4n) is 1.08. The minimum atomic E-state index is -2.95. The van der Waals surface area contributed by atoms with Gasteiger partial charge in [-0.25, -0.2) is 0 Å². The molecule has 17 heavy (non-hydrogen) atoms. The summed E-state index contributed by atoms with van der Waals surface area (Å²) in [5, 5.41) is 8.00. The summed E-state index contributed by atoms with van der Waals surface area (Å²) >= 11 is 2.76. The molecule has 98 valence electrons. The number of aromatic nitrogens is 2. The fourth-order valence-corrected chi connectivity index (χ4v) is 4.82. The topological polar surface area (TPSA) is 87.3 Å². The van der Waals surface area contributed by atoms with Crippen LogP contribution in [0.25, 0.3) is 0 Å². The lowest BCUT2D eigenvalue weighted by atomic mass is 10.9. The third kappa shape index (κ3) is 5.35. The van der Waals surface area contributed by atoms with E-state index in [2.05, 4.69) is 10.2 Å². The van der Waals surface area contributed by atoms with Crippen LogP contribution in [0.15, 0.2) is 4.34 Å². The van der Waals surface area contributed by atoms with Crippen molar-refractivity contribution in [3.8, 4) is 0 Å². The molecule has 0 bridgehead atoms. The Balaban J connectivity index is 2.39. The molecule has 2 N–H and O–H groups in total. The van der Waals surface area contributed by atoms with Crippen LogP contribution in [-0.4, -0.2) is 35.3 Å². The molecule has 0 aliphatic carbocycles. The van der Waals surface area contributed by atoms with E-state index in [1.807, 2.05) is 0 Å². The third-order valence-corrected chi connectivity index (χ3v) is 5.93. The second-order valence-corrected chi connectivity index (χ2v) is 7.46. The molecule has 1 aromatic rings. The van der Waals surface area contributed by atoms with Crippen LogP contribution in [-0.2, 0) is 13.6 Å². The lowest BCUT2D eigenvalue weighted by Crippen LogP contribution is -2.01. The molecule has 0 aliphatic heterocycles. The molecule has 0 amide bonds. The zero-order valence-corrected chi connectivity index (χ0v) is 12.3. The minimum Gasteiger partial charge on any atom is -0.374 e. The zero-order chi connectivity index (χ0) is 12.7. The van der Waals surface area contributed by atoms with Gasteiger partial charge in [-0.2, -0.15) is 0 Å². The van der Waals surface area contributed by atoms with Crippen LogP contribution in [0.4, 0.5) is 5.13 Å². The summed E-state index contributed by atoms with van der Waals surface area (Å²) in [4.78, 5) is 0. The highest BCUT2D eigenvalue weighted by Crippen LogP contribution is 2.48. The maximum Gasteiger partial charge on any atom is 0.331 e. The molecule has 0 saturated carbocycles. The highest BCUT2D eigenvalue weighted by Gasteiger charge is 2.23. The molecule has 0 spiro atoms. The number of nitrogen functional groups attached to an aromatic ring is 1. The Bertz CT molecular complexity index is 378. The van der Waals surface area contributed by atoms with Crippen molar-refractivity contribution in [1.82, 2.24) is 10.2 Å². The van der Waals surface area contributed by atoms with Crippen LogP contribution in [0.3, 0.4) is 0 Å². The van der Waals surface area contributed by atoms with Crippen molar-refractivity contribution in [2.45, 2.75) is 18.2 Å². The summed E-state index contributed by atoms with van der Waals surface area (Å²) in [5.41, 5.74) is 5.46. The molecular weight excluding hydrogens is 281 g/mol. The Morgan fingerprint density at radius 3 is 2.47 bits per heavy atom. The van der Waals surface area contributed by atoms with Crippen molar-refractivity contribution >= 4 is 35.8 Å². The first-order chi connectivity index (χ1) is 8.09. The van der Waals surface area contributed by atoms with E-state index >= 15 is 0 Å². The molecule has 1 heterocycles. The zero-order valence-electron chi connectivity index (χ0n) is 9.79. The lowest BCUT2D eigenvalue weighted by molar-refractivity contribution is 0.221. The summed E-state index contributed by atoms with van der Waals surface area (Å²) in [6.07, 6.45) is 0.360. The first-order valence-electron chi connectivity index (χ1n) is 5.19. The SMILES string of the molecule is CCOP(=O)(CCSc1nnc(N)s1)OCC. The maximum absolute atomic E-state index is 12.1. The highest BCUT2D eigenvalue weighted by atomic mass is 32.2. The van der Waals surface area contributed by atoms with E-state index in [-0.39, 0.29) is 0 Å². The van der Waals surface area contributed by atoms with Crippen molar-refractivity contribution in [1.29, 1.82) is 0 Å². The number of thioether (sulfide) groups is 1. The van der Waals surface area contributed by atoms with E-state index in [1.165, 1.54) is 23.1 Å². The first-order valence-corrected chi connectivity index (χ1v) is 8.72. The van der Waals surface area contributed by atoms with Gasteiger partial charge in [-0.3, -0.25) is 4.57 Å². The summed E-state index contributed by atoms with van der Waals surface area (Å²) in [5.74, 6) is 0.603. The third-order valence-electron chi connectivity index (χ3n) is 1.66.